The lowest BCUT2D eigenvalue weighted by Crippen LogP contribution is -2.45. The van der Waals surface area contributed by atoms with Crippen LogP contribution in [-0.2, 0) is 21.1 Å². The molecule has 1 aromatic rings. The molecular formula is C21H30F3NO2. The van der Waals surface area contributed by atoms with Gasteiger partial charge in [-0.2, -0.15) is 13.2 Å². The van der Waals surface area contributed by atoms with Crippen LogP contribution in [0.3, 0.4) is 0 Å². The third kappa shape index (κ3) is 5.24. The highest BCUT2D eigenvalue weighted by Gasteiger charge is 2.42. The van der Waals surface area contributed by atoms with Gasteiger partial charge < -0.3 is 14.8 Å². The second-order valence-corrected chi connectivity index (χ2v) is 8.48. The molecule has 0 radical (unpaired) electrons. The number of halogens is 3. The Morgan fingerprint density at radius 3 is 2.70 bits per heavy atom. The number of benzene rings is 1. The molecule has 2 aliphatic heterocycles. The van der Waals surface area contributed by atoms with E-state index in [1.165, 1.54) is 12.1 Å². The lowest BCUT2D eigenvalue weighted by molar-refractivity contribution is -0.137. The van der Waals surface area contributed by atoms with Gasteiger partial charge in [0.1, 0.15) is 0 Å². The SMILES string of the molecule is CC1(C)C[C@@](CCNC[C@H]2CCCO2)(c2cccc(C(F)(F)F)c2)CCO1. The van der Waals surface area contributed by atoms with Crippen LogP contribution in [0.2, 0.25) is 0 Å². The van der Waals surface area contributed by atoms with Crippen molar-refractivity contribution >= 4 is 0 Å². The normalized spacial score (nSPS) is 28.4. The highest BCUT2D eigenvalue weighted by Crippen LogP contribution is 2.45. The van der Waals surface area contributed by atoms with Crippen molar-refractivity contribution in [1.29, 1.82) is 0 Å². The summed E-state index contributed by atoms with van der Waals surface area (Å²) in [4.78, 5) is 0. The van der Waals surface area contributed by atoms with E-state index >= 15 is 0 Å². The first-order valence-corrected chi connectivity index (χ1v) is 9.84. The summed E-state index contributed by atoms with van der Waals surface area (Å²) in [6.45, 7) is 6.99. The van der Waals surface area contributed by atoms with Gasteiger partial charge in [0.2, 0.25) is 0 Å². The Bertz CT molecular complexity index is 626. The van der Waals surface area contributed by atoms with Gasteiger partial charge in [0.05, 0.1) is 17.3 Å². The Hall–Kier alpha value is -1.11. The predicted octanol–water partition coefficient (Wildman–Crippen LogP) is 4.69. The third-order valence-corrected chi connectivity index (χ3v) is 5.82. The molecule has 1 N–H and O–H groups in total. The molecule has 2 atom stereocenters. The molecule has 27 heavy (non-hydrogen) atoms. The molecule has 2 saturated heterocycles. The van der Waals surface area contributed by atoms with E-state index in [2.05, 4.69) is 5.32 Å². The molecule has 0 aromatic heterocycles. The molecule has 0 unspecified atom stereocenters. The van der Waals surface area contributed by atoms with Gasteiger partial charge in [0, 0.05) is 25.2 Å². The second-order valence-electron chi connectivity index (χ2n) is 8.48. The number of rotatable bonds is 6. The fraction of sp³-hybridized carbons (Fsp3) is 0.714. The molecule has 6 heteroatoms. The van der Waals surface area contributed by atoms with E-state index in [1.54, 1.807) is 0 Å². The van der Waals surface area contributed by atoms with Gasteiger partial charge >= 0.3 is 6.18 Å². The fourth-order valence-corrected chi connectivity index (χ4v) is 4.50. The molecule has 2 fully saturated rings. The Balaban J connectivity index is 1.76. The highest BCUT2D eigenvalue weighted by molar-refractivity contribution is 5.33. The monoisotopic (exact) mass is 385 g/mol. The molecular weight excluding hydrogens is 355 g/mol. The van der Waals surface area contributed by atoms with Crippen molar-refractivity contribution in [2.24, 2.45) is 0 Å². The van der Waals surface area contributed by atoms with E-state index in [4.69, 9.17) is 9.47 Å². The summed E-state index contributed by atoms with van der Waals surface area (Å²) < 4.78 is 51.2. The minimum absolute atomic E-state index is 0.264. The second kappa shape index (κ2) is 8.10. The van der Waals surface area contributed by atoms with Crippen LogP contribution in [0.15, 0.2) is 24.3 Å². The van der Waals surface area contributed by atoms with E-state index in [0.29, 0.717) is 13.0 Å². The molecule has 0 spiro atoms. The molecule has 0 amide bonds. The Morgan fingerprint density at radius 1 is 1.22 bits per heavy atom. The fourth-order valence-electron chi connectivity index (χ4n) is 4.50. The average molecular weight is 385 g/mol. The van der Waals surface area contributed by atoms with Gasteiger partial charge in [-0.3, -0.25) is 0 Å². The lowest BCUT2D eigenvalue weighted by Gasteiger charge is -2.46. The number of alkyl halides is 3. The van der Waals surface area contributed by atoms with Crippen LogP contribution >= 0.6 is 0 Å². The molecule has 3 nitrogen and oxygen atoms in total. The Morgan fingerprint density at radius 2 is 2.04 bits per heavy atom. The van der Waals surface area contributed by atoms with Crippen LogP contribution < -0.4 is 5.32 Å². The lowest BCUT2D eigenvalue weighted by atomic mass is 9.67. The maximum Gasteiger partial charge on any atom is 0.416 e. The number of ether oxygens (including phenoxy) is 2. The van der Waals surface area contributed by atoms with Crippen molar-refractivity contribution in [2.45, 2.75) is 69.2 Å². The van der Waals surface area contributed by atoms with Gasteiger partial charge in [-0.15, -0.1) is 0 Å². The van der Waals surface area contributed by atoms with E-state index < -0.39 is 11.7 Å². The maximum absolute atomic E-state index is 13.2. The zero-order chi connectivity index (χ0) is 19.5. The summed E-state index contributed by atoms with van der Waals surface area (Å²) in [7, 11) is 0. The quantitative estimate of drug-likeness (QED) is 0.721. The first-order chi connectivity index (χ1) is 12.7. The van der Waals surface area contributed by atoms with Gasteiger partial charge in [0.25, 0.3) is 0 Å². The van der Waals surface area contributed by atoms with E-state index in [-0.39, 0.29) is 17.1 Å². The largest absolute Gasteiger partial charge is 0.416 e. The van der Waals surface area contributed by atoms with Crippen LogP contribution in [-0.4, -0.2) is 38.0 Å². The zero-order valence-electron chi connectivity index (χ0n) is 16.2. The van der Waals surface area contributed by atoms with Gasteiger partial charge in [-0.1, -0.05) is 18.2 Å². The number of nitrogens with one attached hydrogen (secondary N) is 1. The molecule has 1 aromatic carbocycles. The van der Waals surface area contributed by atoms with Crippen molar-refractivity contribution in [2.75, 3.05) is 26.3 Å². The molecule has 0 aliphatic carbocycles. The van der Waals surface area contributed by atoms with Crippen molar-refractivity contribution in [3.8, 4) is 0 Å². The first-order valence-electron chi connectivity index (χ1n) is 9.84. The van der Waals surface area contributed by atoms with Crippen molar-refractivity contribution < 1.29 is 22.6 Å². The van der Waals surface area contributed by atoms with Gasteiger partial charge in [-0.05, 0) is 64.1 Å². The summed E-state index contributed by atoms with van der Waals surface area (Å²) in [5.74, 6) is 0. The summed E-state index contributed by atoms with van der Waals surface area (Å²) in [6, 6.07) is 5.86. The molecule has 0 saturated carbocycles. The van der Waals surface area contributed by atoms with Crippen LogP contribution in [0.1, 0.15) is 57.1 Å². The molecule has 3 rings (SSSR count). The van der Waals surface area contributed by atoms with Gasteiger partial charge in [-0.25, -0.2) is 0 Å². The molecule has 2 heterocycles. The average Bonchev–Trinajstić information content (AvgIpc) is 3.11. The van der Waals surface area contributed by atoms with Crippen LogP contribution in [0, 0.1) is 0 Å². The summed E-state index contributed by atoms with van der Waals surface area (Å²) in [5.41, 5.74) is -0.461. The van der Waals surface area contributed by atoms with Crippen molar-refractivity contribution in [3.05, 3.63) is 35.4 Å². The standard InChI is InChI=1S/C21H30F3NO2/c1-19(2)15-20(9-12-27-19,8-10-25-14-18-7-4-11-26-18)16-5-3-6-17(13-16)21(22,23)24/h3,5-6,13,18,25H,4,7-12,14-15H2,1-2H3/t18-,20+/m1/s1. The van der Waals surface area contributed by atoms with E-state index in [1.807, 2.05) is 19.9 Å². The molecule has 2 aliphatic rings. The first kappa shape index (κ1) is 20.6. The number of hydrogen-bond acceptors (Lipinski definition) is 3. The van der Waals surface area contributed by atoms with Crippen molar-refractivity contribution in [1.82, 2.24) is 5.32 Å². The van der Waals surface area contributed by atoms with Gasteiger partial charge in [0.15, 0.2) is 0 Å². The number of hydrogen-bond donors (Lipinski definition) is 1. The van der Waals surface area contributed by atoms with E-state index in [0.717, 1.165) is 57.0 Å². The van der Waals surface area contributed by atoms with Crippen LogP contribution in [0.4, 0.5) is 13.2 Å². The van der Waals surface area contributed by atoms with Crippen LogP contribution in [0.25, 0.3) is 0 Å². The Labute approximate surface area is 159 Å². The third-order valence-electron chi connectivity index (χ3n) is 5.82. The highest BCUT2D eigenvalue weighted by atomic mass is 19.4. The summed E-state index contributed by atoms with van der Waals surface area (Å²) in [6.07, 6.45) is 0.352. The minimum Gasteiger partial charge on any atom is -0.377 e. The topological polar surface area (TPSA) is 30.5 Å². The zero-order valence-corrected chi connectivity index (χ0v) is 16.2. The minimum atomic E-state index is -4.32. The van der Waals surface area contributed by atoms with E-state index in [9.17, 15) is 13.2 Å². The smallest absolute Gasteiger partial charge is 0.377 e. The van der Waals surface area contributed by atoms with Crippen molar-refractivity contribution in [3.63, 3.8) is 0 Å². The van der Waals surface area contributed by atoms with Crippen LogP contribution in [0.5, 0.6) is 0 Å². The predicted molar refractivity (Wildman–Crippen MR) is 98.8 cm³/mol. The molecule has 152 valence electrons. The summed E-state index contributed by atoms with van der Waals surface area (Å²) >= 11 is 0. The summed E-state index contributed by atoms with van der Waals surface area (Å²) in [5, 5.41) is 3.45. The maximum atomic E-state index is 13.2. The molecule has 0 bridgehead atoms. The Kier molecular flexibility index (Phi) is 6.18.